The van der Waals surface area contributed by atoms with Gasteiger partial charge in [-0.3, -0.25) is 4.79 Å². The number of aromatic nitrogens is 4. The van der Waals surface area contributed by atoms with Gasteiger partial charge in [0.15, 0.2) is 11.2 Å². The number of carboxylic acid groups (broad SMARTS) is 1. The Balaban J connectivity index is 1.37. The predicted molar refractivity (Wildman–Crippen MR) is 144 cm³/mol. The van der Waals surface area contributed by atoms with E-state index in [1.165, 1.54) is 6.33 Å². The summed E-state index contributed by atoms with van der Waals surface area (Å²) < 4.78 is 14.1. The fourth-order valence-electron chi connectivity index (χ4n) is 4.55. The van der Waals surface area contributed by atoms with Crippen molar-refractivity contribution in [3.05, 3.63) is 64.4 Å². The van der Waals surface area contributed by atoms with Gasteiger partial charge < -0.3 is 19.1 Å². The van der Waals surface area contributed by atoms with Crippen molar-refractivity contribution in [1.82, 2.24) is 19.5 Å². The monoisotopic (exact) mass is 552 g/mol. The first-order chi connectivity index (χ1) is 18.2. The first-order valence-electron chi connectivity index (χ1n) is 12.5. The molecule has 4 aromatic rings. The van der Waals surface area contributed by atoms with Crippen molar-refractivity contribution in [2.75, 3.05) is 6.61 Å². The van der Waals surface area contributed by atoms with Crippen LogP contribution in [0, 0.1) is 5.41 Å². The summed E-state index contributed by atoms with van der Waals surface area (Å²) in [5.74, 6) is 0.844. The molecule has 2 aliphatic rings. The molecule has 1 N–H and O–H groups in total. The molecule has 0 amide bonds. The zero-order valence-corrected chi connectivity index (χ0v) is 22.3. The van der Waals surface area contributed by atoms with Crippen LogP contribution in [0.2, 0.25) is 10.0 Å². The molecule has 0 spiro atoms. The molecule has 0 bridgehead atoms. The van der Waals surface area contributed by atoms with Crippen LogP contribution >= 0.6 is 23.2 Å². The lowest BCUT2D eigenvalue weighted by molar-refractivity contribution is -0.138. The van der Waals surface area contributed by atoms with E-state index < -0.39 is 5.97 Å². The van der Waals surface area contributed by atoms with Crippen molar-refractivity contribution in [1.29, 1.82) is 0 Å². The van der Waals surface area contributed by atoms with E-state index in [9.17, 15) is 9.90 Å². The number of aliphatic carboxylic acids is 1. The quantitative estimate of drug-likeness (QED) is 0.242. The molecule has 2 aromatic carbocycles. The van der Waals surface area contributed by atoms with Crippen LogP contribution in [-0.2, 0) is 11.3 Å². The highest BCUT2D eigenvalue weighted by atomic mass is 35.5. The van der Waals surface area contributed by atoms with E-state index in [2.05, 4.69) is 16.9 Å². The minimum atomic E-state index is -0.805. The fourth-order valence-corrected chi connectivity index (χ4v) is 5.02. The maximum Gasteiger partial charge on any atom is 0.304 e. The average molecular weight is 553 g/mol. The number of benzene rings is 2. The number of imidazole rings is 1. The molecule has 0 aliphatic heterocycles. The van der Waals surface area contributed by atoms with E-state index >= 15 is 0 Å². The van der Waals surface area contributed by atoms with Crippen molar-refractivity contribution in [3.63, 3.8) is 0 Å². The van der Waals surface area contributed by atoms with E-state index in [-0.39, 0.29) is 17.4 Å². The second kappa shape index (κ2) is 9.43. The van der Waals surface area contributed by atoms with Gasteiger partial charge >= 0.3 is 5.97 Å². The van der Waals surface area contributed by atoms with Crippen LogP contribution in [-0.4, -0.2) is 42.8 Å². The molecule has 2 aromatic heterocycles. The van der Waals surface area contributed by atoms with Gasteiger partial charge in [-0.2, -0.15) is 4.98 Å². The van der Waals surface area contributed by atoms with Crippen molar-refractivity contribution < 1.29 is 19.4 Å². The number of rotatable bonds is 10. The SMILES string of the molecule is CC1(Oc2ncnc3c2nc(-c2ccc(OCC4(CC(=O)O)CC4)cc2Cl)n3Cc2cccc(Cl)c2)CC1. The number of hydrogen-bond donors (Lipinski definition) is 1. The Bertz CT molecular complexity index is 1550. The minimum Gasteiger partial charge on any atom is -0.493 e. The summed E-state index contributed by atoms with van der Waals surface area (Å²) in [7, 11) is 0. The van der Waals surface area contributed by atoms with Gasteiger partial charge in [-0.15, -0.1) is 0 Å². The van der Waals surface area contributed by atoms with Gasteiger partial charge in [-0.1, -0.05) is 35.3 Å². The normalized spacial score (nSPS) is 16.8. The molecule has 8 nitrogen and oxygen atoms in total. The number of nitrogens with zero attached hydrogens (tertiary/aromatic N) is 4. The van der Waals surface area contributed by atoms with Crippen LogP contribution in [0.4, 0.5) is 0 Å². The smallest absolute Gasteiger partial charge is 0.304 e. The van der Waals surface area contributed by atoms with Crippen LogP contribution < -0.4 is 9.47 Å². The van der Waals surface area contributed by atoms with E-state index in [1.807, 2.05) is 41.0 Å². The van der Waals surface area contributed by atoms with Gasteiger partial charge in [0.1, 0.15) is 23.5 Å². The molecule has 2 heterocycles. The number of carbonyl (C=O) groups is 1. The summed E-state index contributed by atoms with van der Waals surface area (Å²) in [4.78, 5) is 25.0. The van der Waals surface area contributed by atoms with Crippen LogP contribution in [0.25, 0.3) is 22.6 Å². The van der Waals surface area contributed by atoms with E-state index in [1.54, 1.807) is 6.07 Å². The molecular formula is C28H26Cl2N4O4. The Labute approximate surface area is 229 Å². The van der Waals surface area contributed by atoms with Crippen LogP contribution in [0.1, 0.15) is 44.6 Å². The standard InChI is InChI=1S/C28H26Cl2N4O4/c1-27(7-8-27)38-26-23-25(31-16-32-26)34(14-17-3-2-4-18(29)11-17)24(33-23)20-6-5-19(12-21(20)30)37-15-28(9-10-28)13-22(35)36/h2-6,11-12,16H,7-10,13-15H2,1H3,(H,35,36). The maximum absolute atomic E-state index is 11.2. The van der Waals surface area contributed by atoms with Gasteiger partial charge in [-0.05, 0) is 68.5 Å². The van der Waals surface area contributed by atoms with Crippen LogP contribution in [0.3, 0.4) is 0 Å². The zero-order chi connectivity index (χ0) is 26.5. The molecule has 38 heavy (non-hydrogen) atoms. The minimum absolute atomic E-state index is 0.108. The lowest BCUT2D eigenvalue weighted by Gasteiger charge is -2.15. The van der Waals surface area contributed by atoms with Crippen molar-refractivity contribution in [2.24, 2.45) is 5.41 Å². The molecular weight excluding hydrogens is 527 g/mol. The summed E-state index contributed by atoms with van der Waals surface area (Å²) in [6.07, 6.45) is 5.24. The van der Waals surface area contributed by atoms with Crippen LogP contribution in [0.15, 0.2) is 48.8 Å². The highest BCUT2D eigenvalue weighted by Crippen LogP contribution is 2.49. The average Bonchev–Trinajstić information content (AvgIpc) is 3.77. The third-order valence-electron chi connectivity index (χ3n) is 7.24. The van der Waals surface area contributed by atoms with Crippen molar-refractivity contribution in [2.45, 2.75) is 51.2 Å². The second-order valence-corrected chi connectivity index (χ2v) is 11.4. The third kappa shape index (κ3) is 5.15. The molecule has 0 saturated heterocycles. The van der Waals surface area contributed by atoms with Gasteiger partial charge in [0.2, 0.25) is 5.88 Å². The molecule has 0 radical (unpaired) electrons. The molecule has 2 aliphatic carbocycles. The summed E-state index contributed by atoms with van der Waals surface area (Å²) in [5, 5.41) is 10.3. The zero-order valence-electron chi connectivity index (χ0n) is 20.8. The Morgan fingerprint density at radius 1 is 1.11 bits per heavy atom. The Hall–Kier alpha value is -3.36. The lowest BCUT2D eigenvalue weighted by atomic mass is 10.0. The molecule has 0 atom stereocenters. The lowest BCUT2D eigenvalue weighted by Crippen LogP contribution is -2.17. The topological polar surface area (TPSA) is 99.4 Å². The van der Waals surface area contributed by atoms with Crippen LogP contribution in [0.5, 0.6) is 11.6 Å². The summed E-state index contributed by atoms with van der Waals surface area (Å²) >= 11 is 13.0. The Morgan fingerprint density at radius 3 is 2.61 bits per heavy atom. The predicted octanol–water partition coefficient (Wildman–Crippen LogP) is 6.41. The molecule has 2 fully saturated rings. The van der Waals surface area contributed by atoms with Gasteiger partial charge in [0, 0.05) is 16.0 Å². The fraction of sp³-hybridized carbons (Fsp3) is 0.357. The van der Waals surface area contributed by atoms with Gasteiger partial charge in [0.05, 0.1) is 24.6 Å². The molecule has 0 unspecified atom stereocenters. The summed E-state index contributed by atoms with van der Waals surface area (Å²) in [6.45, 7) is 2.87. The van der Waals surface area contributed by atoms with E-state index in [4.69, 9.17) is 37.7 Å². The highest BCUT2D eigenvalue weighted by molar-refractivity contribution is 6.33. The van der Waals surface area contributed by atoms with Gasteiger partial charge in [0.25, 0.3) is 0 Å². The van der Waals surface area contributed by atoms with Gasteiger partial charge in [-0.25, -0.2) is 9.97 Å². The maximum atomic E-state index is 11.2. The first kappa shape index (κ1) is 24.9. The summed E-state index contributed by atoms with van der Waals surface area (Å²) in [5.41, 5.74) is 2.38. The van der Waals surface area contributed by atoms with E-state index in [0.717, 1.165) is 31.2 Å². The highest BCUT2D eigenvalue weighted by Gasteiger charge is 2.45. The molecule has 196 valence electrons. The number of hydrogen-bond acceptors (Lipinski definition) is 6. The number of fused-ring (bicyclic) bond motifs is 1. The largest absolute Gasteiger partial charge is 0.493 e. The third-order valence-corrected chi connectivity index (χ3v) is 7.78. The van der Waals surface area contributed by atoms with Crippen molar-refractivity contribution >= 4 is 40.3 Å². The molecule has 10 heteroatoms. The number of carboxylic acids is 1. The molecule has 2 saturated carbocycles. The van der Waals surface area contributed by atoms with Crippen molar-refractivity contribution in [3.8, 4) is 23.0 Å². The number of ether oxygens (including phenoxy) is 2. The van der Waals surface area contributed by atoms with E-state index in [0.29, 0.717) is 57.4 Å². The Morgan fingerprint density at radius 2 is 1.92 bits per heavy atom. The first-order valence-corrected chi connectivity index (χ1v) is 13.3. The Kier molecular flexibility index (Phi) is 6.19. The number of halogens is 2. The molecule has 6 rings (SSSR count). The second-order valence-electron chi connectivity index (χ2n) is 10.6. The summed E-state index contributed by atoms with van der Waals surface area (Å²) in [6, 6.07) is 13.1.